The average Bonchev–Trinajstić information content (AvgIpc) is 2.95. The summed E-state index contributed by atoms with van der Waals surface area (Å²) in [6, 6.07) is 11.1. The van der Waals surface area contributed by atoms with Crippen LogP contribution in [0.25, 0.3) is 10.9 Å². The van der Waals surface area contributed by atoms with Crippen LogP contribution in [0.1, 0.15) is 28.5 Å². The molecule has 2 aromatic carbocycles. The zero-order chi connectivity index (χ0) is 18.4. The number of carbonyl (C=O) groups is 1. The van der Waals surface area contributed by atoms with Crippen LogP contribution in [0.2, 0.25) is 10.0 Å². The number of ether oxygens (including phenoxy) is 1. The number of fused-ring (bicyclic) bond motifs is 2. The van der Waals surface area contributed by atoms with Crippen molar-refractivity contribution in [1.82, 2.24) is 9.88 Å². The lowest BCUT2D eigenvalue weighted by Crippen LogP contribution is -2.33. The topological polar surface area (TPSA) is 43.3 Å². The monoisotopic (exact) mass is 452 g/mol. The van der Waals surface area contributed by atoms with Gasteiger partial charge in [0.2, 0.25) is 0 Å². The van der Waals surface area contributed by atoms with E-state index in [4.69, 9.17) is 27.9 Å². The van der Waals surface area contributed by atoms with Crippen LogP contribution in [0.5, 0.6) is 5.75 Å². The largest absolute Gasteiger partial charge is 0.492 e. The third-order valence-electron chi connectivity index (χ3n) is 4.65. The second kappa shape index (κ2) is 6.80. The van der Waals surface area contributed by atoms with Crippen molar-refractivity contribution in [2.75, 3.05) is 6.61 Å². The van der Waals surface area contributed by atoms with Gasteiger partial charge in [0, 0.05) is 39.4 Å². The number of hydrogen-bond acceptors (Lipinski definition) is 2. The minimum atomic E-state index is -0.154. The van der Waals surface area contributed by atoms with E-state index in [2.05, 4.69) is 21.2 Å². The molecule has 0 bridgehead atoms. The molecule has 4 rings (SSSR count). The van der Waals surface area contributed by atoms with E-state index in [0.29, 0.717) is 34.5 Å². The van der Waals surface area contributed by atoms with Crippen molar-refractivity contribution in [2.45, 2.75) is 12.5 Å². The molecule has 1 aliphatic heterocycles. The van der Waals surface area contributed by atoms with E-state index in [9.17, 15) is 4.79 Å². The van der Waals surface area contributed by atoms with Crippen molar-refractivity contribution < 1.29 is 9.53 Å². The fraction of sp³-hybridized carbons (Fsp3) is 0.211. The van der Waals surface area contributed by atoms with E-state index >= 15 is 0 Å². The van der Waals surface area contributed by atoms with Gasteiger partial charge in [0.15, 0.2) is 0 Å². The molecule has 0 saturated heterocycles. The Morgan fingerprint density at radius 2 is 2.08 bits per heavy atom. The quantitative estimate of drug-likeness (QED) is 0.556. The van der Waals surface area contributed by atoms with Gasteiger partial charge in [0.1, 0.15) is 11.4 Å². The lowest BCUT2D eigenvalue weighted by atomic mass is 10.0. The molecule has 1 aliphatic rings. The molecule has 0 fully saturated rings. The zero-order valence-corrected chi connectivity index (χ0v) is 17.0. The highest BCUT2D eigenvalue weighted by Gasteiger charge is 2.27. The number of nitrogens with one attached hydrogen (secondary N) is 1. The lowest BCUT2D eigenvalue weighted by molar-refractivity contribution is 0.0917. The van der Waals surface area contributed by atoms with Gasteiger partial charge in [0.05, 0.1) is 17.7 Å². The van der Waals surface area contributed by atoms with Crippen LogP contribution in [-0.4, -0.2) is 17.1 Å². The van der Waals surface area contributed by atoms with E-state index in [1.807, 2.05) is 48.0 Å². The van der Waals surface area contributed by atoms with Crippen molar-refractivity contribution in [1.29, 1.82) is 0 Å². The molecule has 7 heteroatoms. The predicted octanol–water partition coefficient (Wildman–Crippen LogP) is 5.50. The van der Waals surface area contributed by atoms with Crippen molar-refractivity contribution in [3.63, 3.8) is 0 Å². The van der Waals surface area contributed by atoms with Crippen LogP contribution in [-0.2, 0) is 7.05 Å². The summed E-state index contributed by atoms with van der Waals surface area (Å²) < 4.78 is 8.33. The Kier molecular flexibility index (Phi) is 4.63. The van der Waals surface area contributed by atoms with E-state index < -0.39 is 0 Å². The first-order valence-corrected chi connectivity index (χ1v) is 9.67. The summed E-state index contributed by atoms with van der Waals surface area (Å²) in [5.41, 5.74) is 2.39. The number of rotatable bonds is 2. The molecule has 0 saturated carbocycles. The van der Waals surface area contributed by atoms with Crippen LogP contribution in [0.3, 0.4) is 0 Å². The Labute approximate surface area is 169 Å². The van der Waals surface area contributed by atoms with Gasteiger partial charge in [-0.1, -0.05) is 35.3 Å². The Bertz CT molecular complexity index is 1030. The van der Waals surface area contributed by atoms with E-state index in [1.165, 1.54) is 0 Å². The second-order valence-electron chi connectivity index (χ2n) is 6.23. The maximum atomic E-state index is 12.9. The summed E-state index contributed by atoms with van der Waals surface area (Å²) in [5, 5.41) is 5.25. The summed E-state index contributed by atoms with van der Waals surface area (Å²) in [6.45, 7) is 0.499. The van der Waals surface area contributed by atoms with Gasteiger partial charge in [-0.2, -0.15) is 0 Å². The number of benzene rings is 2. The van der Waals surface area contributed by atoms with Gasteiger partial charge in [-0.05, 0) is 40.2 Å². The highest BCUT2D eigenvalue weighted by atomic mass is 79.9. The van der Waals surface area contributed by atoms with Crippen LogP contribution < -0.4 is 10.1 Å². The number of nitrogens with zero attached hydrogens (tertiary/aromatic N) is 1. The van der Waals surface area contributed by atoms with E-state index in [1.54, 1.807) is 0 Å². The minimum absolute atomic E-state index is 0.142. The first kappa shape index (κ1) is 17.7. The standard InChI is InChI=1S/C19H15BrCl2N2O2/c1-24-15-9-11(21)3-2-10(15)8-16(24)19(25)23-14-6-7-26-18-12(14)4-5-13(20)17(18)22/h2-5,8-9,14H,6-7H2,1H3,(H,23,25). The van der Waals surface area contributed by atoms with Crippen molar-refractivity contribution in [2.24, 2.45) is 7.05 Å². The van der Waals surface area contributed by atoms with Crippen LogP contribution in [0, 0.1) is 0 Å². The third-order valence-corrected chi connectivity index (χ3v) is 6.15. The van der Waals surface area contributed by atoms with Gasteiger partial charge in [-0.15, -0.1) is 0 Å². The Balaban J connectivity index is 1.66. The first-order valence-electron chi connectivity index (χ1n) is 8.12. The van der Waals surface area contributed by atoms with Crippen LogP contribution >= 0.6 is 39.1 Å². The number of aryl methyl sites for hydroxylation is 1. The first-order chi connectivity index (χ1) is 12.5. The maximum absolute atomic E-state index is 12.9. The number of amides is 1. The second-order valence-corrected chi connectivity index (χ2v) is 7.90. The Hall–Kier alpha value is -1.69. The number of hydrogen-bond donors (Lipinski definition) is 1. The lowest BCUT2D eigenvalue weighted by Gasteiger charge is -2.27. The molecule has 0 radical (unpaired) electrons. The summed E-state index contributed by atoms with van der Waals surface area (Å²) >= 11 is 15.8. The molecule has 1 N–H and O–H groups in total. The van der Waals surface area contributed by atoms with Gasteiger partial charge in [-0.25, -0.2) is 0 Å². The van der Waals surface area contributed by atoms with Gasteiger partial charge < -0.3 is 14.6 Å². The summed E-state index contributed by atoms with van der Waals surface area (Å²) in [7, 11) is 1.86. The molecule has 1 unspecified atom stereocenters. The highest BCUT2D eigenvalue weighted by Crippen LogP contribution is 2.41. The van der Waals surface area contributed by atoms with Crippen molar-refractivity contribution in [3.8, 4) is 5.75 Å². The molecule has 1 aromatic heterocycles. The zero-order valence-electron chi connectivity index (χ0n) is 13.9. The Morgan fingerprint density at radius 1 is 1.27 bits per heavy atom. The summed E-state index contributed by atoms with van der Waals surface area (Å²) in [6.07, 6.45) is 0.687. The molecule has 0 aliphatic carbocycles. The van der Waals surface area contributed by atoms with E-state index in [0.717, 1.165) is 20.9 Å². The smallest absolute Gasteiger partial charge is 0.268 e. The Morgan fingerprint density at radius 3 is 2.88 bits per heavy atom. The molecule has 0 spiro atoms. The number of aromatic nitrogens is 1. The molecular formula is C19H15BrCl2N2O2. The van der Waals surface area contributed by atoms with E-state index in [-0.39, 0.29) is 11.9 Å². The highest BCUT2D eigenvalue weighted by molar-refractivity contribution is 9.10. The number of halogens is 3. The molecule has 134 valence electrons. The van der Waals surface area contributed by atoms with Crippen molar-refractivity contribution in [3.05, 3.63) is 62.2 Å². The SMILES string of the molecule is Cn1c(C(=O)NC2CCOc3c2ccc(Br)c3Cl)cc2ccc(Cl)cc21. The van der Waals surface area contributed by atoms with Gasteiger partial charge in [0.25, 0.3) is 5.91 Å². The molecule has 4 nitrogen and oxygen atoms in total. The molecule has 1 amide bonds. The minimum Gasteiger partial charge on any atom is -0.492 e. The fourth-order valence-corrected chi connectivity index (χ4v) is 4.01. The normalized spacial score (nSPS) is 16.2. The summed E-state index contributed by atoms with van der Waals surface area (Å²) in [5.74, 6) is 0.484. The maximum Gasteiger partial charge on any atom is 0.268 e. The molecule has 3 aromatic rings. The molecule has 26 heavy (non-hydrogen) atoms. The van der Waals surface area contributed by atoms with Crippen molar-refractivity contribution >= 4 is 55.9 Å². The van der Waals surface area contributed by atoms with Gasteiger partial charge in [-0.3, -0.25) is 4.79 Å². The molecular weight excluding hydrogens is 439 g/mol. The molecule has 2 heterocycles. The van der Waals surface area contributed by atoms with Crippen LogP contribution in [0.4, 0.5) is 0 Å². The average molecular weight is 454 g/mol. The number of carbonyl (C=O) groups excluding carboxylic acids is 1. The summed E-state index contributed by atoms with van der Waals surface area (Å²) in [4.78, 5) is 12.9. The molecule has 1 atom stereocenters. The predicted molar refractivity (Wildman–Crippen MR) is 107 cm³/mol. The fourth-order valence-electron chi connectivity index (χ4n) is 3.31. The third kappa shape index (κ3) is 2.98. The van der Waals surface area contributed by atoms with Gasteiger partial charge >= 0.3 is 0 Å². The van der Waals surface area contributed by atoms with Crippen LogP contribution in [0.15, 0.2) is 40.9 Å².